The Labute approximate surface area is 117 Å². The van der Waals surface area contributed by atoms with Gasteiger partial charge in [0, 0.05) is 5.56 Å². The summed E-state index contributed by atoms with van der Waals surface area (Å²) < 4.78 is 55.4. The lowest BCUT2D eigenvalue weighted by atomic mass is 10.2. The van der Waals surface area contributed by atoms with Gasteiger partial charge >= 0.3 is 6.18 Å². The first kappa shape index (κ1) is 14.6. The topological polar surface area (TPSA) is 22.1 Å². The maximum atomic E-state index is 13.0. The third kappa shape index (κ3) is 3.39. The third-order valence-electron chi connectivity index (χ3n) is 2.43. The Hall–Kier alpha value is -1.82. The summed E-state index contributed by atoms with van der Waals surface area (Å²) >= 11 is 5.62. The maximum Gasteiger partial charge on any atom is 0.416 e. The van der Waals surface area contributed by atoms with Gasteiger partial charge < -0.3 is 4.74 Å². The van der Waals surface area contributed by atoms with Gasteiger partial charge in [0.25, 0.3) is 0 Å². The predicted octanol–water partition coefficient (Wildman–Crippen LogP) is 4.77. The molecule has 1 aromatic heterocycles. The van der Waals surface area contributed by atoms with Gasteiger partial charge in [0.1, 0.15) is 11.6 Å². The zero-order valence-electron chi connectivity index (χ0n) is 9.92. The highest BCUT2D eigenvalue weighted by atomic mass is 35.5. The van der Waals surface area contributed by atoms with Gasteiger partial charge in [-0.05, 0) is 30.3 Å². The Kier molecular flexibility index (Phi) is 4.13. The van der Waals surface area contributed by atoms with Gasteiger partial charge in [0.05, 0.1) is 17.6 Å². The van der Waals surface area contributed by atoms with E-state index < -0.39 is 17.6 Å². The van der Waals surface area contributed by atoms with Crippen LogP contribution < -0.4 is 4.74 Å². The van der Waals surface area contributed by atoms with Crippen LogP contribution in [0.15, 0.2) is 36.5 Å². The quantitative estimate of drug-likeness (QED) is 0.602. The molecule has 0 fully saturated rings. The number of rotatable bonds is 3. The molecule has 0 saturated carbocycles. The lowest BCUT2D eigenvalue weighted by Crippen LogP contribution is -2.04. The van der Waals surface area contributed by atoms with Crippen LogP contribution in [-0.4, -0.2) is 4.98 Å². The Bertz CT molecular complexity index is 598. The summed E-state index contributed by atoms with van der Waals surface area (Å²) in [5.74, 6) is -0.383. The van der Waals surface area contributed by atoms with E-state index in [1.165, 1.54) is 0 Å². The summed E-state index contributed by atoms with van der Waals surface area (Å²) in [4.78, 5) is 3.71. The van der Waals surface area contributed by atoms with Crippen LogP contribution in [0, 0.1) is 5.82 Å². The molecule has 1 heterocycles. The Morgan fingerprint density at radius 3 is 2.35 bits per heavy atom. The number of hydrogen-bond donors (Lipinski definition) is 0. The van der Waals surface area contributed by atoms with E-state index in [2.05, 4.69) is 4.98 Å². The van der Waals surface area contributed by atoms with E-state index in [-0.39, 0.29) is 17.5 Å². The fraction of sp³-hybridized carbons (Fsp3) is 0.154. The van der Waals surface area contributed by atoms with Crippen LogP contribution in [0.1, 0.15) is 11.1 Å². The smallest absolute Gasteiger partial charge is 0.416 e. The van der Waals surface area contributed by atoms with Crippen molar-refractivity contribution in [3.05, 3.63) is 53.5 Å². The van der Waals surface area contributed by atoms with Gasteiger partial charge in [-0.1, -0.05) is 0 Å². The Balaban J connectivity index is 2.22. The molecule has 0 aliphatic carbocycles. The number of hydrogen-bond acceptors (Lipinski definition) is 2. The molecule has 0 spiro atoms. The highest BCUT2D eigenvalue weighted by molar-refractivity contribution is 6.17. The molecular weight excluding hydrogens is 298 g/mol. The number of alkyl halides is 4. The van der Waals surface area contributed by atoms with Gasteiger partial charge in [-0.3, -0.25) is 0 Å². The zero-order chi connectivity index (χ0) is 14.8. The van der Waals surface area contributed by atoms with Gasteiger partial charge in [0.2, 0.25) is 5.88 Å². The van der Waals surface area contributed by atoms with E-state index in [0.717, 1.165) is 36.5 Å². The van der Waals surface area contributed by atoms with Gasteiger partial charge in [0.15, 0.2) is 0 Å². The highest BCUT2D eigenvalue weighted by Gasteiger charge is 2.30. The summed E-state index contributed by atoms with van der Waals surface area (Å²) in [6, 6.07) is 5.25. The predicted molar refractivity (Wildman–Crippen MR) is 65.3 cm³/mol. The van der Waals surface area contributed by atoms with Crippen molar-refractivity contribution in [2.45, 2.75) is 12.1 Å². The number of nitrogens with zero attached hydrogens (tertiary/aromatic N) is 1. The SMILES string of the molecule is Fc1cnc(Oc2ccc(C(F)(F)F)cc2)c(CCl)c1. The number of halogens is 5. The molecular formula is C13H8ClF4NO. The van der Waals surface area contributed by atoms with Crippen molar-refractivity contribution in [1.82, 2.24) is 4.98 Å². The van der Waals surface area contributed by atoms with Crippen LogP contribution in [0.3, 0.4) is 0 Å². The normalized spacial score (nSPS) is 11.4. The first-order chi connectivity index (χ1) is 9.40. The molecule has 0 aliphatic heterocycles. The standard InChI is InChI=1S/C13H8ClF4NO/c14-6-8-5-10(15)7-19-12(8)20-11-3-1-9(2-4-11)13(16,17)18/h1-5,7H,6H2. The largest absolute Gasteiger partial charge is 0.439 e. The summed E-state index contributed by atoms with van der Waals surface area (Å²) in [6.07, 6.45) is -3.47. The molecule has 20 heavy (non-hydrogen) atoms. The molecule has 0 unspecified atom stereocenters. The molecule has 0 amide bonds. The molecule has 0 radical (unpaired) electrons. The molecule has 1 aromatic carbocycles. The van der Waals surface area contributed by atoms with E-state index in [0.29, 0.717) is 5.56 Å². The summed E-state index contributed by atoms with van der Waals surface area (Å²) in [6.45, 7) is 0. The summed E-state index contributed by atoms with van der Waals surface area (Å²) in [7, 11) is 0. The summed E-state index contributed by atoms with van der Waals surface area (Å²) in [5, 5.41) is 0. The van der Waals surface area contributed by atoms with E-state index in [9.17, 15) is 17.6 Å². The minimum atomic E-state index is -4.41. The molecule has 2 aromatic rings. The van der Waals surface area contributed by atoms with Crippen molar-refractivity contribution in [1.29, 1.82) is 0 Å². The van der Waals surface area contributed by atoms with Crippen molar-refractivity contribution >= 4 is 11.6 Å². The Morgan fingerprint density at radius 2 is 1.80 bits per heavy atom. The van der Waals surface area contributed by atoms with Crippen molar-refractivity contribution in [3.8, 4) is 11.6 Å². The lowest BCUT2D eigenvalue weighted by molar-refractivity contribution is -0.137. The van der Waals surface area contributed by atoms with E-state index in [1.807, 2.05) is 0 Å². The first-order valence-electron chi connectivity index (χ1n) is 5.45. The van der Waals surface area contributed by atoms with E-state index in [1.54, 1.807) is 0 Å². The van der Waals surface area contributed by atoms with Crippen molar-refractivity contribution in [2.75, 3.05) is 0 Å². The van der Waals surface area contributed by atoms with Gasteiger partial charge in [-0.15, -0.1) is 11.6 Å². The number of benzene rings is 1. The minimum Gasteiger partial charge on any atom is -0.439 e. The second kappa shape index (κ2) is 5.66. The lowest BCUT2D eigenvalue weighted by Gasteiger charge is -2.10. The fourth-order valence-corrected chi connectivity index (χ4v) is 1.67. The first-order valence-corrected chi connectivity index (χ1v) is 5.99. The molecule has 0 bridgehead atoms. The Morgan fingerprint density at radius 1 is 1.15 bits per heavy atom. The molecule has 106 valence electrons. The molecule has 2 rings (SSSR count). The van der Waals surface area contributed by atoms with Crippen molar-refractivity contribution in [3.63, 3.8) is 0 Å². The van der Waals surface area contributed by atoms with Gasteiger partial charge in [-0.25, -0.2) is 9.37 Å². The maximum absolute atomic E-state index is 13.0. The molecule has 0 atom stereocenters. The third-order valence-corrected chi connectivity index (χ3v) is 2.72. The van der Waals surface area contributed by atoms with Crippen LogP contribution in [0.5, 0.6) is 11.6 Å². The molecule has 0 N–H and O–H groups in total. The molecule has 0 saturated heterocycles. The van der Waals surface area contributed by atoms with Gasteiger partial charge in [-0.2, -0.15) is 13.2 Å². The average molecular weight is 306 g/mol. The monoisotopic (exact) mass is 305 g/mol. The van der Waals surface area contributed by atoms with E-state index in [4.69, 9.17) is 16.3 Å². The van der Waals surface area contributed by atoms with Crippen LogP contribution >= 0.6 is 11.6 Å². The van der Waals surface area contributed by atoms with Crippen LogP contribution in [0.25, 0.3) is 0 Å². The van der Waals surface area contributed by atoms with Crippen LogP contribution in [0.2, 0.25) is 0 Å². The molecule has 2 nitrogen and oxygen atoms in total. The highest BCUT2D eigenvalue weighted by Crippen LogP contribution is 2.31. The average Bonchev–Trinajstić information content (AvgIpc) is 2.40. The number of ether oxygens (including phenoxy) is 1. The summed E-state index contributed by atoms with van der Waals surface area (Å²) in [5.41, 5.74) is -0.471. The van der Waals surface area contributed by atoms with Crippen molar-refractivity contribution in [2.24, 2.45) is 0 Å². The minimum absolute atomic E-state index is 0.0271. The van der Waals surface area contributed by atoms with Crippen LogP contribution in [-0.2, 0) is 12.1 Å². The number of aromatic nitrogens is 1. The fourth-order valence-electron chi connectivity index (χ4n) is 1.48. The molecule has 0 aliphatic rings. The van der Waals surface area contributed by atoms with E-state index >= 15 is 0 Å². The molecule has 7 heteroatoms. The second-order valence-corrected chi connectivity index (χ2v) is 4.14. The zero-order valence-corrected chi connectivity index (χ0v) is 10.7. The van der Waals surface area contributed by atoms with Crippen molar-refractivity contribution < 1.29 is 22.3 Å². The van der Waals surface area contributed by atoms with Crippen LogP contribution in [0.4, 0.5) is 17.6 Å². The second-order valence-electron chi connectivity index (χ2n) is 3.88. The number of pyridine rings is 1.